The molecule has 0 saturated carbocycles. The lowest BCUT2D eigenvalue weighted by atomic mass is 9.81. The summed E-state index contributed by atoms with van der Waals surface area (Å²) in [6.45, 7) is 12.3. The van der Waals surface area contributed by atoms with Crippen molar-refractivity contribution in [3.8, 4) is 0 Å². The Balaban J connectivity index is 1.92. The SMILES string of the molecule is Cc1cc(C)c(C2=CC3CCCC(C2)N3C(=O)OC(C)(C)C)cc1C. The lowest BCUT2D eigenvalue weighted by Crippen LogP contribution is -2.53. The van der Waals surface area contributed by atoms with Gasteiger partial charge in [-0.15, -0.1) is 0 Å². The third kappa shape index (κ3) is 3.75. The Bertz CT molecular complexity index is 711. The first-order valence-electron chi connectivity index (χ1n) is 9.46. The molecule has 0 N–H and O–H groups in total. The van der Waals surface area contributed by atoms with E-state index in [0.29, 0.717) is 0 Å². The number of hydrogen-bond donors (Lipinski definition) is 0. The average molecular weight is 341 g/mol. The van der Waals surface area contributed by atoms with E-state index in [-0.39, 0.29) is 18.2 Å². The highest BCUT2D eigenvalue weighted by Gasteiger charge is 2.39. The molecule has 1 fully saturated rings. The second-order valence-corrected chi connectivity index (χ2v) is 8.69. The Hall–Kier alpha value is -1.77. The van der Waals surface area contributed by atoms with Crippen LogP contribution >= 0.6 is 0 Å². The smallest absolute Gasteiger partial charge is 0.411 e. The Morgan fingerprint density at radius 1 is 1.08 bits per heavy atom. The maximum Gasteiger partial charge on any atom is 0.411 e. The first kappa shape index (κ1) is 18.0. The van der Waals surface area contributed by atoms with Gasteiger partial charge in [-0.2, -0.15) is 0 Å². The highest BCUT2D eigenvalue weighted by Crippen LogP contribution is 2.39. The lowest BCUT2D eigenvalue weighted by Gasteiger charge is -2.45. The van der Waals surface area contributed by atoms with Crippen LogP contribution in [0.25, 0.3) is 5.57 Å². The summed E-state index contributed by atoms with van der Waals surface area (Å²) in [5, 5.41) is 0. The minimum Gasteiger partial charge on any atom is -0.444 e. The summed E-state index contributed by atoms with van der Waals surface area (Å²) in [6, 6.07) is 5.02. The van der Waals surface area contributed by atoms with Gasteiger partial charge in [0, 0.05) is 6.04 Å². The number of fused-ring (bicyclic) bond motifs is 2. The summed E-state index contributed by atoms with van der Waals surface area (Å²) in [5.41, 5.74) is 6.31. The molecule has 2 heterocycles. The van der Waals surface area contributed by atoms with E-state index in [4.69, 9.17) is 4.74 Å². The maximum absolute atomic E-state index is 12.7. The van der Waals surface area contributed by atoms with Gasteiger partial charge >= 0.3 is 6.09 Å². The molecule has 0 aliphatic carbocycles. The van der Waals surface area contributed by atoms with Gasteiger partial charge in [0.1, 0.15) is 5.60 Å². The molecule has 1 amide bonds. The van der Waals surface area contributed by atoms with Crippen molar-refractivity contribution in [1.29, 1.82) is 0 Å². The van der Waals surface area contributed by atoms with Crippen LogP contribution in [0, 0.1) is 20.8 Å². The van der Waals surface area contributed by atoms with E-state index in [0.717, 1.165) is 19.3 Å². The minimum atomic E-state index is -0.444. The van der Waals surface area contributed by atoms with Gasteiger partial charge < -0.3 is 4.74 Å². The molecular weight excluding hydrogens is 310 g/mol. The maximum atomic E-state index is 12.7. The van der Waals surface area contributed by atoms with E-state index in [1.807, 2.05) is 25.7 Å². The molecule has 2 atom stereocenters. The Morgan fingerprint density at radius 3 is 2.40 bits per heavy atom. The zero-order valence-corrected chi connectivity index (χ0v) is 16.5. The second kappa shape index (κ2) is 6.51. The second-order valence-electron chi connectivity index (χ2n) is 8.69. The predicted octanol–water partition coefficient (Wildman–Crippen LogP) is 5.56. The molecule has 2 aliphatic heterocycles. The fourth-order valence-electron chi connectivity index (χ4n) is 4.14. The van der Waals surface area contributed by atoms with Gasteiger partial charge in [0.15, 0.2) is 0 Å². The fourth-order valence-corrected chi connectivity index (χ4v) is 4.14. The Kier molecular flexibility index (Phi) is 4.70. The van der Waals surface area contributed by atoms with E-state index >= 15 is 0 Å². The number of nitrogens with zero attached hydrogens (tertiary/aromatic N) is 1. The predicted molar refractivity (Wildman–Crippen MR) is 103 cm³/mol. The van der Waals surface area contributed by atoms with Crippen LogP contribution in [-0.2, 0) is 4.74 Å². The largest absolute Gasteiger partial charge is 0.444 e. The lowest BCUT2D eigenvalue weighted by molar-refractivity contribution is 0.0000851. The van der Waals surface area contributed by atoms with Crippen molar-refractivity contribution in [1.82, 2.24) is 4.90 Å². The topological polar surface area (TPSA) is 29.5 Å². The average Bonchev–Trinajstić information content (AvgIpc) is 2.47. The van der Waals surface area contributed by atoms with Crippen molar-refractivity contribution in [2.24, 2.45) is 0 Å². The van der Waals surface area contributed by atoms with Crippen LogP contribution < -0.4 is 0 Å². The third-order valence-corrected chi connectivity index (χ3v) is 5.43. The van der Waals surface area contributed by atoms with Crippen molar-refractivity contribution in [2.75, 3.05) is 0 Å². The molecule has 2 aliphatic rings. The van der Waals surface area contributed by atoms with E-state index in [2.05, 4.69) is 39.0 Å². The zero-order valence-electron chi connectivity index (χ0n) is 16.5. The number of carbonyl (C=O) groups is 1. The van der Waals surface area contributed by atoms with Crippen LogP contribution in [0.5, 0.6) is 0 Å². The third-order valence-electron chi connectivity index (χ3n) is 5.43. The molecule has 3 heteroatoms. The molecule has 1 saturated heterocycles. The van der Waals surface area contributed by atoms with E-state index in [9.17, 15) is 4.79 Å². The number of hydrogen-bond acceptors (Lipinski definition) is 2. The molecule has 136 valence electrons. The normalized spacial score (nSPS) is 23.3. The fraction of sp³-hybridized carbons (Fsp3) is 0.591. The van der Waals surface area contributed by atoms with Crippen molar-refractivity contribution < 1.29 is 9.53 Å². The summed E-state index contributed by atoms with van der Waals surface area (Å²) in [6.07, 6.45) is 6.37. The van der Waals surface area contributed by atoms with Crippen molar-refractivity contribution in [2.45, 2.75) is 84.9 Å². The van der Waals surface area contributed by atoms with E-state index in [1.54, 1.807) is 0 Å². The summed E-state index contributed by atoms with van der Waals surface area (Å²) < 4.78 is 5.67. The highest BCUT2D eigenvalue weighted by molar-refractivity contribution is 5.76. The van der Waals surface area contributed by atoms with Crippen LogP contribution in [0.2, 0.25) is 0 Å². The number of ether oxygens (including phenoxy) is 1. The molecule has 3 nitrogen and oxygen atoms in total. The molecule has 0 aromatic heterocycles. The standard InChI is InChI=1S/C22H31NO2/c1-14-10-16(3)20(11-15(14)2)17-12-18-8-7-9-19(13-17)23(18)21(24)25-22(4,5)6/h10-12,18-19H,7-9,13H2,1-6H3. The molecule has 0 radical (unpaired) electrons. The quantitative estimate of drug-likeness (QED) is 0.669. The number of benzene rings is 1. The Labute approximate surface area is 152 Å². The van der Waals surface area contributed by atoms with Gasteiger partial charge in [-0.05, 0) is 95.1 Å². The molecule has 1 aromatic rings. The van der Waals surface area contributed by atoms with Gasteiger partial charge in [-0.25, -0.2) is 4.79 Å². The molecule has 25 heavy (non-hydrogen) atoms. The van der Waals surface area contributed by atoms with Gasteiger partial charge in [-0.3, -0.25) is 4.90 Å². The van der Waals surface area contributed by atoms with Crippen LogP contribution in [0.15, 0.2) is 18.2 Å². The zero-order chi connectivity index (χ0) is 18.4. The molecule has 2 unspecified atom stereocenters. The van der Waals surface area contributed by atoms with Crippen molar-refractivity contribution in [3.05, 3.63) is 40.5 Å². The molecule has 0 spiro atoms. The van der Waals surface area contributed by atoms with Crippen LogP contribution in [0.4, 0.5) is 4.79 Å². The molecule has 2 bridgehead atoms. The Morgan fingerprint density at radius 2 is 1.76 bits per heavy atom. The molecule has 1 aromatic carbocycles. The summed E-state index contributed by atoms with van der Waals surface area (Å²) in [4.78, 5) is 14.7. The number of carbonyl (C=O) groups excluding carboxylic acids is 1. The molecule has 3 rings (SSSR count). The van der Waals surface area contributed by atoms with Gasteiger partial charge in [-0.1, -0.05) is 18.2 Å². The van der Waals surface area contributed by atoms with Gasteiger partial charge in [0.05, 0.1) is 6.04 Å². The van der Waals surface area contributed by atoms with Gasteiger partial charge in [0.2, 0.25) is 0 Å². The number of piperidine rings is 1. The van der Waals surface area contributed by atoms with Crippen LogP contribution in [0.3, 0.4) is 0 Å². The van der Waals surface area contributed by atoms with E-state index in [1.165, 1.54) is 34.2 Å². The first-order chi connectivity index (χ1) is 11.7. The van der Waals surface area contributed by atoms with Crippen LogP contribution in [-0.4, -0.2) is 28.7 Å². The minimum absolute atomic E-state index is 0.158. The summed E-state index contributed by atoms with van der Waals surface area (Å²) in [7, 11) is 0. The van der Waals surface area contributed by atoms with E-state index < -0.39 is 5.60 Å². The number of amides is 1. The number of aryl methyl sites for hydroxylation is 3. The van der Waals surface area contributed by atoms with Gasteiger partial charge in [0.25, 0.3) is 0 Å². The highest BCUT2D eigenvalue weighted by atomic mass is 16.6. The first-order valence-corrected chi connectivity index (χ1v) is 9.46. The summed E-state index contributed by atoms with van der Waals surface area (Å²) >= 11 is 0. The summed E-state index contributed by atoms with van der Waals surface area (Å²) in [5.74, 6) is 0. The van der Waals surface area contributed by atoms with Crippen LogP contribution in [0.1, 0.15) is 68.7 Å². The monoisotopic (exact) mass is 341 g/mol. The van der Waals surface area contributed by atoms with Crippen molar-refractivity contribution in [3.63, 3.8) is 0 Å². The number of rotatable bonds is 1. The van der Waals surface area contributed by atoms with Crippen molar-refractivity contribution >= 4 is 11.7 Å². The molecular formula is C22H31NO2.